The fourth-order valence-electron chi connectivity index (χ4n) is 1.86. The minimum Gasteiger partial charge on any atom is -0.379 e. The fraction of sp³-hybridized carbons (Fsp3) is 0.250. The lowest BCUT2D eigenvalue weighted by Gasteiger charge is -2.18. The van der Waals surface area contributed by atoms with Crippen molar-refractivity contribution in [2.45, 2.75) is 19.3 Å². The van der Waals surface area contributed by atoms with Crippen molar-refractivity contribution in [3.63, 3.8) is 0 Å². The Kier molecular flexibility index (Phi) is 4.15. The molecular formula is C16H17F2N. The summed E-state index contributed by atoms with van der Waals surface area (Å²) in [5, 5.41) is 2.78. The van der Waals surface area contributed by atoms with Crippen LogP contribution in [0.2, 0.25) is 0 Å². The van der Waals surface area contributed by atoms with Crippen LogP contribution >= 0.6 is 0 Å². The minimum atomic E-state index is -2.87. The van der Waals surface area contributed by atoms with Crippen molar-refractivity contribution in [1.29, 1.82) is 0 Å². The van der Waals surface area contributed by atoms with Crippen LogP contribution in [0.5, 0.6) is 0 Å². The van der Waals surface area contributed by atoms with Crippen LogP contribution in [0.1, 0.15) is 18.1 Å². The minimum absolute atomic E-state index is 0.0349. The Balaban J connectivity index is 2.01. The topological polar surface area (TPSA) is 12.0 Å². The molecule has 0 bridgehead atoms. The smallest absolute Gasteiger partial charge is 0.290 e. The van der Waals surface area contributed by atoms with E-state index in [2.05, 4.69) is 12.2 Å². The zero-order valence-corrected chi connectivity index (χ0v) is 10.9. The number of aryl methyl sites for hydroxylation is 1. The van der Waals surface area contributed by atoms with E-state index in [4.69, 9.17) is 0 Å². The van der Waals surface area contributed by atoms with Crippen molar-refractivity contribution in [3.8, 4) is 0 Å². The number of nitrogens with one attached hydrogen (secondary N) is 1. The van der Waals surface area contributed by atoms with Gasteiger partial charge in [-0.05, 0) is 24.1 Å². The number of rotatable bonds is 5. The molecule has 0 spiro atoms. The Bertz CT molecular complexity index is 506. The second kappa shape index (κ2) is 5.83. The highest BCUT2D eigenvalue weighted by Crippen LogP contribution is 2.28. The molecule has 1 N–H and O–H groups in total. The molecule has 0 heterocycles. The Morgan fingerprint density at radius 1 is 0.947 bits per heavy atom. The molecule has 0 radical (unpaired) electrons. The van der Waals surface area contributed by atoms with Gasteiger partial charge in [0, 0.05) is 11.3 Å². The third-order valence-corrected chi connectivity index (χ3v) is 3.07. The lowest BCUT2D eigenvalue weighted by molar-refractivity contribution is 0.0106. The van der Waals surface area contributed by atoms with Gasteiger partial charge in [0.15, 0.2) is 0 Å². The van der Waals surface area contributed by atoms with E-state index in [-0.39, 0.29) is 5.56 Å². The van der Waals surface area contributed by atoms with Crippen molar-refractivity contribution in [2.75, 3.05) is 11.9 Å². The van der Waals surface area contributed by atoms with Crippen LogP contribution in [0.4, 0.5) is 14.5 Å². The number of alkyl halides is 2. The number of halogens is 2. The molecule has 0 aliphatic rings. The van der Waals surface area contributed by atoms with Gasteiger partial charge in [0.1, 0.15) is 0 Å². The van der Waals surface area contributed by atoms with Gasteiger partial charge in [0.25, 0.3) is 5.92 Å². The summed E-state index contributed by atoms with van der Waals surface area (Å²) < 4.78 is 27.8. The quantitative estimate of drug-likeness (QED) is 0.838. The van der Waals surface area contributed by atoms with Gasteiger partial charge >= 0.3 is 0 Å². The molecule has 2 aromatic carbocycles. The van der Waals surface area contributed by atoms with E-state index in [1.165, 1.54) is 17.7 Å². The summed E-state index contributed by atoms with van der Waals surface area (Å²) in [6.45, 7) is 1.66. The zero-order chi connectivity index (χ0) is 13.7. The van der Waals surface area contributed by atoms with Gasteiger partial charge < -0.3 is 5.32 Å². The molecule has 0 aromatic heterocycles. The summed E-state index contributed by atoms with van der Waals surface area (Å²) in [5.41, 5.74) is 1.95. The fourth-order valence-corrected chi connectivity index (χ4v) is 1.86. The molecule has 0 atom stereocenters. The number of benzene rings is 2. The highest BCUT2D eigenvalue weighted by Gasteiger charge is 2.30. The van der Waals surface area contributed by atoms with E-state index in [0.717, 1.165) is 6.42 Å². The molecule has 100 valence electrons. The molecule has 1 nitrogen and oxygen atoms in total. The van der Waals surface area contributed by atoms with E-state index >= 15 is 0 Å². The van der Waals surface area contributed by atoms with Crippen LogP contribution < -0.4 is 5.32 Å². The molecule has 0 aliphatic carbocycles. The molecule has 0 unspecified atom stereocenters. The first-order valence-corrected chi connectivity index (χ1v) is 6.38. The van der Waals surface area contributed by atoms with Crippen LogP contribution in [0.15, 0.2) is 54.6 Å². The second-order valence-electron chi connectivity index (χ2n) is 4.47. The van der Waals surface area contributed by atoms with Gasteiger partial charge in [-0.2, -0.15) is 8.78 Å². The first kappa shape index (κ1) is 13.5. The summed E-state index contributed by atoms with van der Waals surface area (Å²) >= 11 is 0. The van der Waals surface area contributed by atoms with E-state index in [1.807, 2.05) is 24.3 Å². The maximum absolute atomic E-state index is 13.9. The van der Waals surface area contributed by atoms with Gasteiger partial charge in [0.2, 0.25) is 0 Å². The summed E-state index contributed by atoms with van der Waals surface area (Å²) in [7, 11) is 0. The maximum Gasteiger partial charge on any atom is 0.290 e. The Morgan fingerprint density at radius 2 is 1.58 bits per heavy atom. The number of anilines is 1. The Hall–Kier alpha value is -1.90. The third kappa shape index (κ3) is 3.53. The van der Waals surface area contributed by atoms with Crippen molar-refractivity contribution in [3.05, 3.63) is 65.7 Å². The molecule has 3 heteroatoms. The first-order chi connectivity index (χ1) is 9.12. The average molecular weight is 261 g/mol. The molecule has 19 heavy (non-hydrogen) atoms. The van der Waals surface area contributed by atoms with Crippen molar-refractivity contribution < 1.29 is 8.78 Å². The predicted octanol–water partition coefficient (Wildman–Crippen LogP) is 4.45. The van der Waals surface area contributed by atoms with Crippen LogP contribution in [-0.4, -0.2) is 6.54 Å². The number of hydrogen-bond donors (Lipinski definition) is 1. The molecule has 0 aliphatic heterocycles. The van der Waals surface area contributed by atoms with Crippen molar-refractivity contribution in [2.24, 2.45) is 0 Å². The van der Waals surface area contributed by atoms with E-state index in [1.54, 1.807) is 18.2 Å². The second-order valence-corrected chi connectivity index (χ2v) is 4.47. The zero-order valence-electron chi connectivity index (χ0n) is 10.9. The third-order valence-electron chi connectivity index (χ3n) is 3.07. The predicted molar refractivity (Wildman–Crippen MR) is 74.6 cm³/mol. The highest BCUT2D eigenvalue weighted by atomic mass is 19.3. The summed E-state index contributed by atoms with van der Waals surface area (Å²) in [6.07, 6.45) is 0.945. The average Bonchev–Trinajstić information content (AvgIpc) is 2.47. The molecule has 2 aromatic rings. The van der Waals surface area contributed by atoms with Gasteiger partial charge in [0.05, 0.1) is 6.54 Å². The lowest BCUT2D eigenvalue weighted by Crippen LogP contribution is -2.24. The molecule has 0 amide bonds. The highest BCUT2D eigenvalue weighted by molar-refractivity contribution is 5.45. The molecular weight excluding hydrogens is 244 g/mol. The maximum atomic E-state index is 13.9. The summed E-state index contributed by atoms with van der Waals surface area (Å²) in [4.78, 5) is 0. The summed E-state index contributed by atoms with van der Waals surface area (Å²) in [5.74, 6) is -2.87. The standard InChI is InChI=1S/C16H17F2N/c1-2-13-8-10-15(11-9-13)19-12-16(17,18)14-6-4-3-5-7-14/h3-11,19H,2,12H2,1H3. The normalized spacial score (nSPS) is 11.3. The first-order valence-electron chi connectivity index (χ1n) is 6.38. The van der Waals surface area contributed by atoms with Crippen LogP contribution in [0.3, 0.4) is 0 Å². The van der Waals surface area contributed by atoms with Crippen molar-refractivity contribution >= 4 is 5.69 Å². The molecule has 0 saturated carbocycles. The number of hydrogen-bond acceptors (Lipinski definition) is 1. The van der Waals surface area contributed by atoms with Crippen LogP contribution in [0.25, 0.3) is 0 Å². The Morgan fingerprint density at radius 3 is 2.16 bits per heavy atom. The van der Waals surface area contributed by atoms with E-state index in [0.29, 0.717) is 5.69 Å². The van der Waals surface area contributed by atoms with Gasteiger partial charge in [-0.1, -0.05) is 49.4 Å². The van der Waals surface area contributed by atoms with Gasteiger partial charge in [-0.15, -0.1) is 0 Å². The molecule has 2 rings (SSSR count). The lowest BCUT2D eigenvalue weighted by atomic mass is 10.1. The van der Waals surface area contributed by atoms with E-state index in [9.17, 15) is 8.78 Å². The van der Waals surface area contributed by atoms with Crippen molar-refractivity contribution in [1.82, 2.24) is 0 Å². The van der Waals surface area contributed by atoms with Crippen LogP contribution in [-0.2, 0) is 12.3 Å². The molecule has 0 saturated heterocycles. The largest absolute Gasteiger partial charge is 0.379 e. The van der Waals surface area contributed by atoms with Gasteiger partial charge in [-0.25, -0.2) is 0 Å². The van der Waals surface area contributed by atoms with Crippen LogP contribution in [0, 0.1) is 0 Å². The van der Waals surface area contributed by atoms with Gasteiger partial charge in [-0.3, -0.25) is 0 Å². The Labute approximate surface area is 112 Å². The SMILES string of the molecule is CCc1ccc(NCC(F)(F)c2ccccc2)cc1. The summed E-state index contributed by atoms with van der Waals surface area (Å²) in [6, 6.07) is 15.4. The van der Waals surface area contributed by atoms with E-state index < -0.39 is 12.5 Å². The molecule has 0 fully saturated rings. The monoisotopic (exact) mass is 261 g/mol.